The van der Waals surface area contributed by atoms with Gasteiger partial charge in [0.05, 0.1) is 23.2 Å². The average molecular weight is 377 g/mol. The minimum absolute atomic E-state index is 0.0775. The maximum absolute atomic E-state index is 12.8. The Labute approximate surface area is 164 Å². The van der Waals surface area contributed by atoms with E-state index in [1.54, 1.807) is 11.3 Å². The first kappa shape index (κ1) is 17.9. The molecule has 4 rings (SSSR count). The molecular formula is C23H24N2OS. The van der Waals surface area contributed by atoms with Gasteiger partial charge in [0.2, 0.25) is 5.91 Å². The van der Waals surface area contributed by atoms with Crippen LogP contribution in [0.2, 0.25) is 0 Å². The van der Waals surface area contributed by atoms with Crippen LogP contribution in [0.1, 0.15) is 45.5 Å². The number of nitrogens with zero attached hydrogens (tertiary/aromatic N) is 1. The van der Waals surface area contributed by atoms with Crippen LogP contribution in [0.3, 0.4) is 0 Å². The van der Waals surface area contributed by atoms with Gasteiger partial charge < -0.3 is 5.32 Å². The van der Waals surface area contributed by atoms with Crippen molar-refractivity contribution in [3.63, 3.8) is 0 Å². The Balaban J connectivity index is 1.52. The van der Waals surface area contributed by atoms with Gasteiger partial charge in [-0.05, 0) is 44.2 Å². The van der Waals surface area contributed by atoms with Crippen molar-refractivity contribution in [3.8, 4) is 11.3 Å². The molecule has 0 spiro atoms. The highest BCUT2D eigenvalue weighted by Crippen LogP contribution is 2.31. The van der Waals surface area contributed by atoms with Crippen LogP contribution in [0, 0.1) is 13.8 Å². The van der Waals surface area contributed by atoms with Gasteiger partial charge in [-0.15, -0.1) is 11.3 Å². The molecule has 1 atom stereocenters. The summed E-state index contributed by atoms with van der Waals surface area (Å²) in [5, 5.41) is 4.26. The molecule has 0 aliphatic heterocycles. The third kappa shape index (κ3) is 3.96. The fraction of sp³-hybridized carbons (Fsp3) is 0.304. The van der Waals surface area contributed by atoms with Gasteiger partial charge >= 0.3 is 0 Å². The van der Waals surface area contributed by atoms with E-state index in [0.29, 0.717) is 6.42 Å². The zero-order valence-electron chi connectivity index (χ0n) is 15.8. The molecular weight excluding hydrogens is 352 g/mol. The summed E-state index contributed by atoms with van der Waals surface area (Å²) in [4.78, 5) is 18.5. The second-order valence-corrected chi connectivity index (χ2v) is 8.55. The highest BCUT2D eigenvalue weighted by molar-refractivity contribution is 7.12. The summed E-state index contributed by atoms with van der Waals surface area (Å²) in [6.07, 6.45) is 3.62. The van der Waals surface area contributed by atoms with Crippen molar-refractivity contribution in [3.05, 3.63) is 75.1 Å². The molecule has 1 heterocycles. The summed E-state index contributed by atoms with van der Waals surface area (Å²) in [7, 11) is 0. The molecule has 0 saturated carbocycles. The Morgan fingerprint density at radius 2 is 1.93 bits per heavy atom. The quantitative estimate of drug-likeness (QED) is 0.683. The first-order chi connectivity index (χ1) is 13.1. The minimum Gasteiger partial charge on any atom is -0.349 e. The van der Waals surface area contributed by atoms with Gasteiger partial charge in [0.25, 0.3) is 0 Å². The molecule has 0 fully saturated rings. The molecule has 1 amide bonds. The normalized spacial score (nSPS) is 16.0. The van der Waals surface area contributed by atoms with Crippen LogP contribution < -0.4 is 5.32 Å². The van der Waals surface area contributed by atoms with Gasteiger partial charge in [0, 0.05) is 10.4 Å². The van der Waals surface area contributed by atoms with E-state index in [-0.39, 0.29) is 11.9 Å². The zero-order valence-corrected chi connectivity index (χ0v) is 16.6. The van der Waals surface area contributed by atoms with Crippen molar-refractivity contribution in [1.29, 1.82) is 0 Å². The van der Waals surface area contributed by atoms with Crippen LogP contribution in [-0.2, 0) is 17.6 Å². The molecule has 0 saturated heterocycles. The minimum atomic E-state index is 0.0775. The first-order valence-electron chi connectivity index (χ1n) is 9.50. The van der Waals surface area contributed by atoms with Crippen molar-refractivity contribution >= 4 is 17.2 Å². The van der Waals surface area contributed by atoms with E-state index in [1.807, 2.05) is 6.92 Å². The number of benzene rings is 2. The maximum Gasteiger partial charge on any atom is 0.225 e. The summed E-state index contributed by atoms with van der Waals surface area (Å²) < 4.78 is 0. The summed E-state index contributed by atoms with van der Waals surface area (Å²) in [6.45, 7) is 4.08. The number of aromatic nitrogens is 1. The number of hydrogen-bond acceptors (Lipinski definition) is 3. The number of aryl methyl sites for hydroxylation is 3. The summed E-state index contributed by atoms with van der Waals surface area (Å²) in [5.74, 6) is 0.0775. The zero-order chi connectivity index (χ0) is 18.8. The van der Waals surface area contributed by atoms with Crippen LogP contribution in [-0.4, -0.2) is 10.9 Å². The largest absolute Gasteiger partial charge is 0.349 e. The van der Waals surface area contributed by atoms with Crippen molar-refractivity contribution in [2.24, 2.45) is 0 Å². The highest BCUT2D eigenvalue weighted by atomic mass is 32.1. The Morgan fingerprint density at radius 3 is 2.74 bits per heavy atom. The molecule has 0 bridgehead atoms. The molecule has 2 aromatic carbocycles. The molecule has 1 N–H and O–H groups in total. The molecule has 1 unspecified atom stereocenters. The summed E-state index contributed by atoms with van der Waals surface area (Å²) >= 11 is 1.62. The van der Waals surface area contributed by atoms with Gasteiger partial charge in [0.1, 0.15) is 0 Å². The number of amides is 1. The Kier molecular flexibility index (Phi) is 5.08. The number of carbonyl (C=O) groups is 1. The molecule has 0 radical (unpaired) electrons. The van der Waals surface area contributed by atoms with Gasteiger partial charge in [0.15, 0.2) is 0 Å². The molecule has 3 aromatic rings. The van der Waals surface area contributed by atoms with Crippen molar-refractivity contribution < 1.29 is 4.79 Å². The third-order valence-electron chi connectivity index (χ3n) is 5.16. The second kappa shape index (κ2) is 7.65. The number of fused-ring (bicyclic) bond motifs is 1. The van der Waals surface area contributed by atoms with E-state index in [0.717, 1.165) is 40.4 Å². The van der Waals surface area contributed by atoms with Crippen molar-refractivity contribution in [1.82, 2.24) is 10.3 Å². The number of thiazole rings is 1. The Bertz CT molecular complexity index is 959. The van der Waals surface area contributed by atoms with E-state index in [9.17, 15) is 4.79 Å². The van der Waals surface area contributed by atoms with Crippen molar-refractivity contribution in [2.45, 2.75) is 45.6 Å². The molecule has 138 valence electrons. The van der Waals surface area contributed by atoms with Crippen molar-refractivity contribution in [2.75, 3.05) is 0 Å². The van der Waals surface area contributed by atoms with E-state index in [2.05, 4.69) is 65.8 Å². The Hall–Kier alpha value is -2.46. The lowest BCUT2D eigenvalue weighted by Gasteiger charge is -2.26. The second-order valence-electron chi connectivity index (χ2n) is 7.26. The van der Waals surface area contributed by atoms with Gasteiger partial charge in [-0.2, -0.15) is 0 Å². The molecule has 3 nitrogen and oxygen atoms in total. The third-order valence-corrected chi connectivity index (χ3v) is 6.13. The summed E-state index contributed by atoms with van der Waals surface area (Å²) in [6, 6.07) is 16.9. The summed E-state index contributed by atoms with van der Waals surface area (Å²) in [5.41, 5.74) is 5.88. The lowest BCUT2D eigenvalue weighted by molar-refractivity contribution is -0.121. The fourth-order valence-electron chi connectivity index (χ4n) is 3.82. The lowest BCUT2D eigenvalue weighted by atomic mass is 9.87. The number of hydrogen-bond donors (Lipinski definition) is 1. The number of rotatable bonds is 4. The Morgan fingerprint density at radius 1 is 1.15 bits per heavy atom. The van der Waals surface area contributed by atoms with Crippen LogP contribution >= 0.6 is 11.3 Å². The van der Waals surface area contributed by atoms with E-state index in [4.69, 9.17) is 0 Å². The van der Waals surface area contributed by atoms with Crippen LogP contribution in [0.4, 0.5) is 0 Å². The van der Waals surface area contributed by atoms with Crippen LogP contribution in [0.25, 0.3) is 11.3 Å². The molecule has 1 aliphatic carbocycles. The van der Waals surface area contributed by atoms with Crippen LogP contribution in [0.15, 0.2) is 48.5 Å². The fourth-order valence-corrected chi connectivity index (χ4v) is 4.78. The predicted octanol–water partition coefficient (Wildman–Crippen LogP) is 5.16. The first-order valence-corrected chi connectivity index (χ1v) is 10.3. The van der Waals surface area contributed by atoms with E-state index in [1.165, 1.54) is 16.7 Å². The van der Waals surface area contributed by atoms with E-state index < -0.39 is 0 Å². The van der Waals surface area contributed by atoms with Gasteiger partial charge in [-0.25, -0.2) is 4.98 Å². The molecule has 27 heavy (non-hydrogen) atoms. The molecule has 1 aliphatic rings. The SMILES string of the molecule is Cc1ccc(-c2nc(C)sc2CC(=O)NC2CCCc3ccccc32)cc1. The molecule has 1 aromatic heterocycles. The standard InChI is InChI=1S/C23H24N2OS/c1-15-10-12-18(13-11-15)23-21(27-16(2)24-23)14-22(26)25-20-9-5-7-17-6-3-4-8-19(17)20/h3-4,6,8,10-13,20H,5,7,9,14H2,1-2H3,(H,25,26). The smallest absolute Gasteiger partial charge is 0.225 e. The highest BCUT2D eigenvalue weighted by Gasteiger charge is 2.22. The van der Waals surface area contributed by atoms with Crippen LogP contribution in [0.5, 0.6) is 0 Å². The molecule has 4 heteroatoms. The number of carbonyl (C=O) groups excluding carboxylic acids is 1. The monoisotopic (exact) mass is 376 g/mol. The maximum atomic E-state index is 12.8. The average Bonchev–Trinajstić information content (AvgIpc) is 3.02. The number of nitrogens with one attached hydrogen (secondary N) is 1. The lowest BCUT2D eigenvalue weighted by Crippen LogP contribution is -2.32. The van der Waals surface area contributed by atoms with Gasteiger partial charge in [-0.3, -0.25) is 4.79 Å². The van der Waals surface area contributed by atoms with E-state index >= 15 is 0 Å². The van der Waals surface area contributed by atoms with Gasteiger partial charge in [-0.1, -0.05) is 54.1 Å². The predicted molar refractivity (Wildman–Crippen MR) is 111 cm³/mol. The topological polar surface area (TPSA) is 42.0 Å².